The Kier molecular flexibility index (Phi) is 65.2. The van der Waals surface area contributed by atoms with Crippen molar-refractivity contribution in [1.82, 2.24) is 0 Å². The summed E-state index contributed by atoms with van der Waals surface area (Å²) in [5, 5.41) is 0. The maximum atomic E-state index is 13.0. The van der Waals surface area contributed by atoms with Crippen molar-refractivity contribution in [3.8, 4) is 0 Å². The number of unbranched alkanes of at least 4 members (excludes halogenated alkanes) is 33. The number of esters is 3. The summed E-state index contributed by atoms with van der Waals surface area (Å²) in [4.78, 5) is 38.4. The molecule has 0 saturated heterocycles. The fourth-order valence-electron chi connectivity index (χ4n) is 9.63. The van der Waals surface area contributed by atoms with Gasteiger partial charge in [-0.1, -0.05) is 310 Å². The van der Waals surface area contributed by atoms with E-state index in [0.29, 0.717) is 19.3 Å². The molecule has 0 aromatic heterocycles. The Bertz CT molecular complexity index is 1620. The highest BCUT2D eigenvalue weighted by atomic mass is 16.6. The molecule has 0 fully saturated rings. The van der Waals surface area contributed by atoms with E-state index in [1.807, 2.05) is 0 Å². The van der Waals surface area contributed by atoms with Crippen molar-refractivity contribution in [2.75, 3.05) is 13.2 Å². The van der Waals surface area contributed by atoms with Crippen molar-refractivity contribution in [3.63, 3.8) is 0 Å². The van der Waals surface area contributed by atoms with Crippen molar-refractivity contribution in [1.29, 1.82) is 0 Å². The Labute approximate surface area is 501 Å². The van der Waals surface area contributed by atoms with E-state index in [2.05, 4.69) is 130 Å². The van der Waals surface area contributed by atoms with Crippen LogP contribution in [0.4, 0.5) is 0 Å². The Morgan fingerprint density at radius 1 is 0.259 bits per heavy atom. The van der Waals surface area contributed by atoms with Gasteiger partial charge in [-0.25, -0.2) is 0 Å². The first-order valence-corrected chi connectivity index (χ1v) is 34.4. The number of allylic oxidation sites excluding steroid dienone is 18. The minimum absolute atomic E-state index is 0.0875. The van der Waals surface area contributed by atoms with Gasteiger partial charge >= 0.3 is 17.9 Å². The quantitative estimate of drug-likeness (QED) is 0.0261. The zero-order chi connectivity index (χ0) is 58.5. The normalized spacial score (nSPS) is 12.8. The van der Waals surface area contributed by atoms with Gasteiger partial charge in [-0.2, -0.15) is 0 Å². The second kappa shape index (κ2) is 68.6. The molecule has 0 bridgehead atoms. The molecule has 0 heterocycles. The molecule has 6 heteroatoms. The van der Waals surface area contributed by atoms with Crippen molar-refractivity contribution >= 4 is 17.9 Å². The SMILES string of the molecule is CC/C=C\C/C=C\C/C=C\C/C=C\C/C=C\C/C=C\C/C=C\CCCCCC(=O)OCC(COC(=O)CCCCCCCCCCCCCCCCC)OC(=O)CCCCCCCCCCCCC/C=C\C/C=C\CCCCCCC. The lowest BCUT2D eigenvalue weighted by Crippen LogP contribution is -2.30. The monoisotopic (exact) mass is 1120 g/mol. The maximum Gasteiger partial charge on any atom is 0.306 e. The molecule has 1 unspecified atom stereocenters. The number of carbonyl (C=O) groups is 3. The van der Waals surface area contributed by atoms with E-state index in [0.717, 1.165) is 116 Å². The van der Waals surface area contributed by atoms with Crippen molar-refractivity contribution in [3.05, 3.63) is 109 Å². The lowest BCUT2D eigenvalue weighted by molar-refractivity contribution is -0.167. The maximum absolute atomic E-state index is 13.0. The molecule has 0 aliphatic rings. The van der Waals surface area contributed by atoms with Gasteiger partial charge in [0.15, 0.2) is 6.10 Å². The summed E-state index contributed by atoms with van der Waals surface area (Å²) in [5.41, 5.74) is 0. The van der Waals surface area contributed by atoms with Crippen LogP contribution >= 0.6 is 0 Å². The molecule has 1 atom stereocenters. The van der Waals surface area contributed by atoms with Crippen molar-refractivity contribution < 1.29 is 28.6 Å². The molecular weight excluding hydrogens is 997 g/mol. The Morgan fingerprint density at radius 2 is 0.481 bits per heavy atom. The lowest BCUT2D eigenvalue weighted by Gasteiger charge is -2.18. The summed E-state index contributed by atoms with van der Waals surface area (Å²) in [6.07, 6.45) is 93.8. The van der Waals surface area contributed by atoms with E-state index < -0.39 is 6.10 Å². The number of carbonyl (C=O) groups excluding carboxylic acids is 3. The molecule has 0 aliphatic heterocycles. The van der Waals surface area contributed by atoms with Crippen LogP contribution in [-0.4, -0.2) is 37.2 Å². The second-order valence-electron chi connectivity index (χ2n) is 22.7. The van der Waals surface area contributed by atoms with Gasteiger partial charge in [0.05, 0.1) is 0 Å². The van der Waals surface area contributed by atoms with Crippen LogP contribution in [0.15, 0.2) is 109 Å². The van der Waals surface area contributed by atoms with Crippen molar-refractivity contribution in [2.24, 2.45) is 0 Å². The summed E-state index contributed by atoms with van der Waals surface area (Å²) in [6.45, 7) is 6.52. The molecule has 0 radical (unpaired) electrons. The van der Waals surface area contributed by atoms with Gasteiger partial charge in [-0.15, -0.1) is 0 Å². The third-order valence-electron chi connectivity index (χ3n) is 14.8. The van der Waals surface area contributed by atoms with E-state index in [1.165, 1.54) is 173 Å². The number of ether oxygens (including phenoxy) is 3. The smallest absolute Gasteiger partial charge is 0.306 e. The van der Waals surface area contributed by atoms with Crippen LogP contribution in [0.5, 0.6) is 0 Å². The average Bonchev–Trinajstić information content (AvgIpc) is 3.47. The molecule has 0 aliphatic carbocycles. The first kappa shape index (κ1) is 77.1. The highest BCUT2D eigenvalue weighted by Gasteiger charge is 2.19. The molecule has 464 valence electrons. The summed E-state index contributed by atoms with van der Waals surface area (Å²) in [7, 11) is 0. The molecule has 0 N–H and O–H groups in total. The van der Waals surface area contributed by atoms with E-state index in [1.54, 1.807) is 0 Å². The van der Waals surface area contributed by atoms with Crippen molar-refractivity contribution in [2.45, 2.75) is 335 Å². The minimum Gasteiger partial charge on any atom is -0.462 e. The Hall–Kier alpha value is -3.93. The van der Waals surface area contributed by atoms with Gasteiger partial charge in [-0.05, 0) is 109 Å². The van der Waals surface area contributed by atoms with Crippen LogP contribution in [0, 0.1) is 0 Å². The zero-order valence-electron chi connectivity index (χ0n) is 53.3. The summed E-state index contributed by atoms with van der Waals surface area (Å²) < 4.78 is 17.0. The molecule has 0 spiro atoms. The predicted octanol–water partition coefficient (Wildman–Crippen LogP) is 23.8. The first-order valence-electron chi connectivity index (χ1n) is 34.4. The van der Waals surface area contributed by atoms with Gasteiger partial charge in [0.2, 0.25) is 0 Å². The Morgan fingerprint density at radius 3 is 0.765 bits per heavy atom. The van der Waals surface area contributed by atoms with Crippen LogP contribution in [0.3, 0.4) is 0 Å². The van der Waals surface area contributed by atoms with Crippen LogP contribution in [0.25, 0.3) is 0 Å². The highest BCUT2D eigenvalue weighted by Crippen LogP contribution is 2.17. The molecule has 0 rings (SSSR count). The third kappa shape index (κ3) is 66.8. The molecule has 0 amide bonds. The number of hydrogen-bond acceptors (Lipinski definition) is 6. The fourth-order valence-corrected chi connectivity index (χ4v) is 9.63. The first-order chi connectivity index (χ1) is 40.0. The molecular formula is C75H128O6. The fraction of sp³-hybridized carbons (Fsp3) is 0.720. The summed E-state index contributed by atoms with van der Waals surface area (Å²) in [6, 6.07) is 0. The van der Waals surface area contributed by atoms with Crippen LogP contribution in [0.1, 0.15) is 329 Å². The average molecular weight is 1130 g/mol. The second-order valence-corrected chi connectivity index (χ2v) is 22.7. The topological polar surface area (TPSA) is 78.9 Å². The number of rotatable bonds is 62. The number of hydrogen-bond donors (Lipinski definition) is 0. The highest BCUT2D eigenvalue weighted by molar-refractivity contribution is 5.71. The van der Waals surface area contributed by atoms with Gasteiger partial charge in [0, 0.05) is 19.3 Å². The van der Waals surface area contributed by atoms with Gasteiger partial charge in [0.25, 0.3) is 0 Å². The molecule has 0 aromatic rings. The zero-order valence-corrected chi connectivity index (χ0v) is 53.3. The predicted molar refractivity (Wildman–Crippen MR) is 353 cm³/mol. The van der Waals surface area contributed by atoms with Gasteiger partial charge in [-0.3, -0.25) is 14.4 Å². The molecule has 0 saturated carbocycles. The van der Waals surface area contributed by atoms with Gasteiger partial charge < -0.3 is 14.2 Å². The van der Waals surface area contributed by atoms with Crippen LogP contribution in [0.2, 0.25) is 0 Å². The largest absolute Gasteiger partial charge is 0.462 e. The summed E-state index contributed by atoms with van der Waals surface area (Å²) >= 11 is 0. The molecule has 81 heavy (non-hydrogen) atoms. The minimum atomic E-state index is -0.795. The van der Waals surface area contributed by atoms with E-state index >= 15 is 0 Å². The molecule has 6 nitrogen and oxygen atoms in total. The Balaban J connectivity index is 4.42. The van der Waals surface area contributed by atoms with E-state index in [-0.39, 0.29) is 31.1 Å². The van der Waals surface area contributed by atoms with E-state index in [9.17, 15) is 14.4 Å². The van der Waals surface area contributed by atoms with Crippen LogP contribution in [-0.2, 0) is 28.6 Å². The standard InChI is InChI=1S/C75H128O6/c1-4-7-10-13-16-19-22-25-28-30-32-34-36-37-39-40-42-44-47-50-53-56-59-62-65-68-74(77)80-71-72(70-79-73(76)67-64-61-58-55-52-49-46-27-24-21-18-15-12-9-6-3)81-75(78)69-66-63-60-57-54-51-48-45-43-41-38-35-33-31-29-26-23-20-17-14-11-8-5-2/h7,10,16,19,23,25-26,28,31-34,37,39,42,44,50,53,72H,4-6,8-9,11-15,17-18,20-22,24,27,29-30,35-36,38,40-41,43,45-49,51-52,54-71H2,1-3H3/b10-7-,19-16-,26-23-,28-25-,33-31-,34-32-,39-37-,44-42-,53-50-. The van der Waals surface area contributed by atoms with Gasteiger partial charge in [0.1, 0.15) is 13.2 Å². The molecule has 0 aromatic carbocycles. The van der Waals surface area contributed by atoms with Crippen LogP contribution < -0.4 is 0 Å². The summed E-state index contributed by atoms with van der Waals surface area (Å²) in [5.74, 6) is -0.911. The third-order valence-corrected chi connectivity index (χ3v) is 14.8. The lowest BCUT2D eigenvalue weighted by atomic mass is 10.0. The van der Waals surface area contributed by atoms with E-state index in [4.69, 9.17) is 14.2 Å².